The quantitative estimate of drug-likeness (QED) is 0.0980. The fourth-order valence-corrected chi connectivity index (χ4v) is 8.39. The molecule has 0 saturated carbocycles. The van der Waals surface area contributed by atoms with Crippen molar-refractivity contribution in [3.05, 3.63) is 217 Å². The van der Waals surface area contributed by atoms with E-state index in [4.69, 9.17) is 4.98 Å². The minimum absolute atomic E-state index is 0. The molecule has 0 fully saturated rings. The number of aromatic nitrogens is 3. The van der Waals surface area contributed by atoms with Gasteiger partial charge in [-0.2, -0.15) is 0 Å². The number of imidazole rings is 1. The van der Waals surface area contributed by atoms with Crippen LogP contribution in [-0.2, 0) is 33.9 Å². The Morgan fingerprint density at radius 3 is 1.83 bits per heavy atom. The molecular formula is C58H50N3OPt-. The third-order valence-electron chi connectivity index (χ3n) is 11.8. The molecule has 2 aromatic heterocycles. The minimum atomic E-state index is 0. The van der Waals surface area contributed by atoms with Crippen molar-refractivity contribution in [3.8, 4) is 67.5 Å². The molecule has 0 aliphatic carbocycles. The van der Waals surface area contributed by atoms with Crippen molar-refractivity contribution < 1.29 is 26.2 Å². The van der Waals surface area contributed by atoms with Gasteiger partial charge in [0.05, 0.1) is 17.2 Å². The molecule has 0 radical (unpaired) electrons. The molecule has 0 saturated heterocycles. The van der Waals surface area contributed by atoms with Gasteiger partial charge >= 0.3 is 0 Å². The van der Waals surface area contributed by atoms with Gasteiger partial charge in [0.25, 0.3) is 0 Å². The topological polar surface area (TPSA) is 50.9 Å². The zero-order chi connectivity index (χ0) is 42.6. The normalized spacial score (nSPS) is 11.5. The summed E-state index contributed by atoms with van der Waals surface area (Å²) in [5.41, 5.74) is 14.3. The van der Waals surface area contributed by atoms with E-state index < -0.39 is 0 Å². The van der Waals surface area contributed by atoms with E-state index >= 15 is 0 Å². The first kappa shape index (κ1) is 43.1. The second-order valence-electron chi connectivity index (χ2n) is 16.7. The minimum Gasteiger partial charge on any atom is -0.507 e. The molecule has 7 aromatic carbocycles. The summed E-state index contributed by atoms with van der Waals surface area (Å²) in [5.74, 6) is 1.68. The van der Waals surface area contributed by atoms with Crippen LogP contribution in [0.4, 0.5) is 0 Å². The van der Waals surface area contributed by atoms with Crippen LogP contribution in [0.3, 0.4) is 0 Å². The van der Waals surface area contributed by atoms with Crippen LogP contribution in [0.1, 0.15) is 61.8 Å². The molecule has 1 N–H and O–H groups in total. The molecule has 314 valence electrons. The van der Waals surface area contributed by atoms with E-state index in [1.165, 1.54) is 22.1 Å². The largest absolute Gasteiger partial charge is 0.507 e. The number of phenolic OH excluding ortho intramolecular Hbond substituents is 1. The monoisotopic (exact) mass is 999 g/mol. The van der Waals surface area contributed by atoms with Crippen molar-refractivity contribution in [3.63, 3.8) is 0 Å². The summed E-state index contributed by atoms with van der Waals surface area (Å²) in [6.07, 6.45) is 11.6. The van der Waals surface area contributed by atoms with E-state index in [1.54, 1.807) is 0 Å². The maximum Gasteiger partial charge on any atom is 0.128 e. The number of pyridine rings is 1. The Balaban J connectivity index is 0.00000544. The van der Waals surface area contributed by atoms with Crippen molar-refractivity contribution in [1.82, 2.24) is 14.5 Å². The van der Waals surface area contributed by atoms with Gasteiger partial charge in [0.1, 0.15) is 5.75 Å². The van der Waals surface area contributed by atoms with Crippen molar-refractivity contribution in [2.75, 3.05) is 0 Å². The second kappa shape index (κ2) is 19.2. The van der Waals surface area contributed by atoms with Gasteiger partial charge < -0.3 is 9.67 Å². The van der Waals surface area contributed by atoms with Crippen LogP contribution in [0, 0.1) is 6.07 Å². The number of nitrogens with zero attached hydrogens (tertiary/aromatic N) is 3. The Morgan fingerprint density at radius 2 is 1.19 bits per heavy atom. The van der Waals surface area contributed by atoms with E-state index in [-0.39, 0.29) is 26.8 Å². The Morgan fingerprint density at radius 1 is 0.587 bits per heavy atom. The number of aromatic hydroxyl groups is 1. The molecule has 0 amide bonds. The second-order valence-corrected chi connectivity index (χ2v) is 16.7. The molecule has 0 bridgehead atoms. The summed E-state index contributed by atoms with van der Waals surface area (Å²) in [6, 6.07) is 58.6. The number of fused-ring (bicyclic) bond motifs is 1. The summed E-state index contributed by atoms with van der Waals surface area (Å²) < 4.78 is 2.20. The third-order valence-corrected chi connectivity index (χ3v) is 11.8. The number of benzene rings is 7. The molecule has 0 unspecified atom stereocenters. The maximum absolute atomic E-state index is 12.5. The van der Waals surface area contributed by atoms with E-state index in [2.05, 4.69) is 183 Å². The van der Waals surface area contributed by atoms with E-state index in [0.717, 1.165) is 67.8 Å². The molecule has 9 aromatic rings. The summed E-state index contributed by atoms with van der Waals surface area (Å²) in [4.78, 5) is 9.94. The van der Waals surface area contributed by atoms with Gasteiger partial charge in [-0.15, -0.1) is 35.9 Å². The van der Waals surface area contributed by atoms with Crippen LogP contribution in [-0.4, -0.2) is 19.6 Å². The van der Waals surface area contributed by atoms with Crippen LogP contribution in [0.5, 0.6) is 5.75 Å². The van der Waals surface area contributed by atoms with Crippen molar-refractivity contribution in [1.29, 1.82) is 0 Å². The Labute approximate surface area is 386 Å². The van der Waals surface area contributed by atoms with E-state index in [1.807, 2.05) is 48.8 Å². The number of hydrogen-bond acceptors (Lipinski definition) is 3. The smallest absolute Gasteiger partial charge is 0.128 e. The van der Waals surface area contributed by atoms with E-state index in [0.29, 0.717) is 29.5 Å². The van der Waals surface area contributed by atoms with Gasteiger partial charge in [-0.05, 0) is 86.7 Å². The average molecular weight is 1000 g/mol. The summed E-state index contributed by atoms with van der Waals surface area (Å²) in [6.45, 7) is 9.00. The van der Waals surface area contributed by atoms with Gasteiger partial charge in [0, 0.05) is 61.7 Å². The van der Waals surface area contributed by atoms with Crippen LogP contribution in [0.2, 0.25) is 0 Å². The first-order chi connectivity index (χ1) is 30.3. The predicted molar refractivity (Wildman–Crippen MR) is 258 cm³/mol. The maximum atomic E-state index is 12.5. The summed E-state index contributed by atoms with van der Waals surface area (Å²) in [7, 11) is 0. The molecule has 4 nitrogen and oxygen atoms in total. The van der Waals surface area contributed by atoms with Gasteiger partial charge in [-0.25, -0.2) is 0 Å². The van der Waals surface area contributed by atoms with E-state index in [9.17, 15) is 5.11 Å². The zero-order valence-electron chi connectivity index (χ0n) is 36.1. The van der Waals surface area contributed by atoms with Gasteiger partial charge in [0.2, 0.25) is 0 Å². The fraction of sp³-hybridized carbons (Fsp3) is 0.138. The first-order valence-corrected chi connectivity index (χ1v) is 21.6. The first-order valence-electron chi connectivity index (χ1n) is 21.6. The van der Waals surface area contributed by atoms with Gasteiger partial charge in [-0.3, -0.25) is 9.97 Å². The molecule has 5 heteroatoms. The van der Waals surface area contributed by atoms with Crippen LogP contribution < -0.4 is 0 Å². The molecule has 63 heavy (non-hydrogen) atoms. The molecule has 0 atom stereocenters. The van der Waals surface area contributed by atoms with Crippen LogP contribution in [0.15, 0.2) is 188 Å². The molecule has 9 rings (SSSR count). The van der Waals surface area contributed by atoms with Crippen molar-refractivity contribution in [2.45, 2.75) is 52.4 Å². The predicted octanol–water partition coefficient (Wildman–Crippen LogP) is 14.8. The number of para-hydroxylation sites is 1. The standard InChI is InChI=1S/C58H50N3O.Pt/c1-39(2)47-32-48(40(3)4)34-49(33-47)50-31-44(25-14-15-26-45-36-59-37-46-27-16-17-28-51(45)46)57(62)54(35-50)55-38-61(58(60-55)43-23-12-7-13-24-43)56-52(41-19-8-5-9-20-41)29-18-30-53(56)42-21-10-6-11-22-42;/h5-23,27-40,62H,25-26H2,1-4H3;/q-1;/b15-14-;. The third kappa shape index (κ3) is 9.15. The Hall–Kier alpha value is -6.61. The number of allylic oxidation sites excluding steroid dienone is 2. The SMILES string of the molecule is CC(C)c1cc(-c2cc(C/C=C\Cc3cncc4ccccc34)c(O)c(-c3cn(-c4c(-c5ccccc5)cccc4-c4ccccc4)c(-c4[c-]cccc4)n3)c2)cc(C(C)C)c1.[Pt]. The van der Waals surface area contributed by atoms with Gasteiger partial charge in [-0.1, -0.05) is 161 Å². The molecule has 0 spiro atoms. The van der Waals surface area contributed by atoms with Crippen molar-refractivity contribution in [2.24, 2.45) is 0 Å². The molecule has 0 aliphatic rings. The molecule has 0 aliphatic heterocycles. The average Bonchev–Trinajstić information content (AvgIpc) is 3.76. The number of rotatable bonds is 12. The Bertz CT molecular complexity index is 2930. The van der Waals surface area contributed by atoms with Crippen LogP contribution in [0.25, 0.3) is 72.5 Å². The van der Waals surface area contributed by atoms with Crippen molar-refractivity contribution >= 4 is 10.8 Å². The summed E-state index contributed by atoms with van der Waals surface area (Å²) in [5, 5.41) is 14.8. The molecular weight excluding hydrogens is 950 g/mol. The van der Waals surface area contributed by atoms with Gasteiger partial charge in [0.15, 0.2) is 0 Å². The number of phenols is 1. The summed E-state index contributed by atoms with van der Waals surface area (Å²) >= 11 is 0. The Kier molecular flexibility index (Phi) is 13.1. The fourth-order valence-electron chi connectivity index (χ4n) is 8.39. The molecule has 2 heterocycles. The van der Waals surface area contributed by atoms with Crippen LogP contribution >= 0.6 is 0 Å². The zero-order valence-corrected chi connectivity index (χ0v) is 38.3. The number of hydrogen-bond donors (Lipinski definition) is 1.